The molecule has 6 nitrogen and oxygen atoms in total. The van der Waals surface area contributed by atoms with Crippen LogP contribution in [0.25, 0.3) is 5.57 Å². The Hall–Kier alpha value is -3.86. The summed E-state index contributed by atoms with van der Waals surface area (Å²) < 4.78 is 13.9. The standard InChI is InChI=1S/C30H35FN6/c1-5-9-23(29-28(33-4)16-15-25(20-32)36-29)21-37(19-18-34-7-3)30(22-11-13-24(31)14-12-22)26-10-8-17-35-27(26)6-2/h5,8-17,30,33-34H,1,6-7,18-19,21H2,2-4H3/b23-9-. The first-order valence-corrected chi connectivity index (χ1v) is 12.6. The van der Waals surface area contributed by atoms with Crippen molar-refractivity contribution >= 4 is 11.3 Å². The van der Waals surface area contributed by atoms with Crippen LogP contribution in [0.4, 0.5) is 10.1 Å². The summed E-state index contributed by atoms with van der Waals surface area (Å²) in [6, 6.07) is 16.3. The number of anilines is 1. The summed E-state index contributed by atoms with van der Waals surface area (Å²) in [4.78, 5) is 11.6. The van der Waals surface area contributed by atoms with Crippen LogP contribution in [0.2, 0.25) is 0 Å². The Kier molecular flexibility index (Phi) is 10.5. The zero-order chi connectivity index (χ0) is 26.6. The highest BCUT2D eigenvalue weighted by Gasteiger charge is 2.26. The third kappa shape index (κ3) is 7.10. The Balaban J connectivity index is 2.17. The van der Waals surface area contributed by atoms with Gasteiger partial charge in [0.1, 0.15) is 17.6 Å². The second-order valence-corrected chi connectivity index (χ2v) is 8.55. The van der Waals surface area contributed by atoms with Crippen LogP contribution in [0.5, 0.6) is 0 Å². The van der Waals surface area contributed by atoms with E-state index in [1.54, 1.807) is 12.1 Å². The lowest BCUT2D eigenvalue weighted by atomic mass is 9.93. The fraction of sp³-hybridized carbons (Fsp3) is 0.300. The van der Waals surface area contributed by atoms with E-state index in [1.807, 2.05) is 43.6 Å². The number of aryl methyl sites for hydroxylation is 1. The lowest BCUT2D eigenvalue weighted by Crippen LogP contribution is -2.37. The van der Waals surface area contributed by atoms with E-state index in [9.17, 15) is 9.65 Å². The molecule has 0 amide bonds. The Labute approximate surface area is 219 Å². The minimum absolute atomic E-state index is 0.173. The summed E-state index contributed by atoms with van der Waals surface area (Å²) in [7, 11) is 1.84. The molecule has 37 heavy (non-hydrogen) atoms. The van der Waals surface area contributed by atoms with E-state index >= 15 is 0 Å². The number of hydrogen-bond acceptors (Lipinski definition) is 6. The molecule has 0 radical (unpaired) electrons. The van der Waals surface area contributed by atoms with Crippen LogP contribution < -0.4 is 10.6 Å². The number of nitrogens with one attached hydrogen (secondary N) is 2. The van der Waals surface area contributed by atoms with Gasteiger partial charge in [-0.3, -0.25) is 9.88 Å². The first kappa shape index (κ1) is 27.7. The molecule has 0 saturated heterocycles. The quantitative estimate of drug-likeness (QED) is 0.244. The van der Waals surface area contributed by atoms with E-state index in [0.717, 1.165) is 54.1 Å². The van der Waals surface area contributed by atoms with Gasteiger partial charge in [-0.25, -0.2) is 9.37 Å². The average molecular weight is 499 g/mol. The molecule has 0 spiro atoms. The summed E-state index contributed by atoms with van der Waals surface area (Å²) in [5.41, 5.74) is 5.85. The van der Waals surface area contributed by atoms with Gasteiger partial charge in [0, 0.05) is 38.6 Å². The van der Waals surface area contributed by atoms with Crippen LogP contribution in [0, 0.1) is 17.1 Å². The molecule has 0 fully saturated rings. The first-order chi connectivity index (χ1) is 18.1. The average Bonchev–Trinajstić information content (AvgIpc) is 2.93. The highest BCUT2D eigenvalue weighted by atomic mass is 19.1. The zero-order valence-electron chi connectivity index (χ0n) is 21.8. The monoisotopic (exact) mass is 498 g/mol. The molecule has 0 bridgehead atoms. The van der Waals surface area contributed by atoms with Gasteiger partial charge >= 0.3 is 0 Å². The van der Waals surface area contributed by atoms with Gasteiger partial charge in [-0.1, -0.05) is 50.8 Å². The van der Waals surface area contributed by atoms with Crippen LogP contribution >= 0.6 is 0 Å². The number of likely N-dealkylation sites (N-methyl/N-ethyl adjacent to an activating group) is 1. The lowest BCUT2D eigenvalue weighted by Gasteiger charge is -2.34. The normalized spacial score (nSPS) is 12.3. The van der Waals surface area contributed by atoms with Crippen molar-refractivity contribution in [3.63, 3.8) is 0 Å². The van der Waals surface area contributed by atoms with Crippen LogP contribution in [0.3, 0.4) is 0 Å². The maximum atomic E-state index is 13.9. The molecule has 7 heteroatoms. The largest absolute Gasteiger partial charge is 0.386 e. The molecule has 0 saturated carbocycles. The van der Waals surface area contributed by atoms with E-state index in [1.165, 1.54) is 12.1 Å². The minimum atomic E-state index is -0.271. The van der Waals surface area contributed by atoms with Crippen LogP contribution in [0.15, 0.2) is 73.5 Å². The number of pyridine rings is 2. The van der Waals surface area contributed by atoms with Crippen molar-refractivity contribution < 1.29 is 4.39 Å². The highest BCUT2D eigenvalue weighted by molar-refractivity contribution is 5.76. The van der Waals surface area contributed by atoms with Crippen molar-refractivity contribution in [3.8, 4) is 6.07 Å². The Morgan fingerprint density at radius 1 is 1.19 bits per heavy atom. The van der Waals surface area contributed by atoms with Gasteiger partial charge in [0.15, 0.2) is 0 Å². The molecule has 1 atom stereocenters. The molecule has 1 aromatic carbocycles. The molecule has 0 aliphatic rings. The number of nitriles is 1. The van der Waals surface area contributed by atoms with Gasteiger partial charge in [0.05, 0.1) is 17.4 Å². The van der Waals surface area contributed by atoms with Gasteiger partial charge in [-0.15, -0.1) is 0 Å². The van der Waals surface area contributed by atoms with Crippen LogP contribution in [-0.2, 0) is 6.42 Å². The maximum Gasteiger partial charge on any atom is 0.141 e. The van der Waals surface area contributed by atoms with Gasteiger partial charge in [-0.05, 0) is 60.0 Å². The molecule has 1 unspecified atom stereocenters. The fourth-order valence-electron chi connectivity index (χ4n) is 4.46. The first-order valence-electron chi connectivity index (χ1n) is 12.6. The second-order valence-electron chi connectivity index (χ2n) is 8.55. The molecule has 2 N–H and O–H groups in total. The summed E-state index contributed by atoms with van der Waals surface area (Å²) in [5, 5.41) is 16.1. The van der Waals surface area contributed by atoms with E-state index in [-0.39, 0.29) is 11.9 Å². The summed E-state index contributed by atoms with van der Waals surface area (Å²) >= 11 is 0. The molecule has 3 rings (SSSR count). The fourth-order valence-corrected chi connectivity index (χ4v) is 4.46. The Morgan fingerprint density at radius 2 is 1.97 bits per heavy atom. The van der Waals surface area contributed by atoms with Gasteiger partial charge in [0.2, 0.25) is 0 Å². The molecule has 0 aliphatic heterocycles. The van der Waals surface area contributed by atoms with Gasteiger partial charge < -0.3 is 10.6 Å². The van der Waals surface area contributed by atoms with Crippen molar-refractivity contribution in [2.75, 3.05) is 38.5 Å². The number of benzene rings is 1. The van der Waals surface area contributed by atoms with Crippen LogP contribution in [0.1, 0.15) is 48.1 Å². The number of halogens is 1. The SMILES string of the molecule is C=C/C=C(/CN(CCNCC)C(c1ccc(F)cc1)c1cccnc1CC)c1nc(C#N)ccc1NC. The predicted octanol–water partition coefficient (Wildman–Crippen LogP) is 5.36. The summed E-state index contributed by atoms with van der Waals surface area (Å²) in [6.07, 6.45) is 6.27. The molecular weight excluding hydrogens is 463 g/mol. The Bertz CT molecular complexity index is 1250. The number of rotatable bonds is 13. The predicted molar refractivity (Wildman–Crippen MR) is 149 cm³/mol. The summed E-state index contributed by atoms with van der Waals surface area (Å²) in [6.45, 7) is 11.0. The molecule has 0 aliphatic carbocycles. The van der Waals surface area contributed by atoms with Gasteiger partial charge in [0.25, 0.3) is 0 Å². The number of aromatic nitrogens is 2. The minimum Gasteiger partial charge on any atom is -0.386 e. The second kappa shape index (κ2) is 14.0. The van der Waals surface area contributed by atoms with Crippen molar-refractivity contribution in [3.05, 3.63) is 107 Å². The van der Waals surface area contributed by atoms with Crippen molar-refractivity contribution in [2.45, 2.75) is 26.3 Å². The Morgan fingerprint density at radius 3 is 2.62 bits per heavy atom. The van der Waals surface area contributed by atoms with Crippen molar-refractivity contribution in [1.29, 1.82) is 5.26 Å². The van der Waals surface area contributed by atoms with Crippen LogP contribution in [-0.4, -0.2) is 48.1 Å². The molecule has 3 aromatic rings. The third-order valence-corrected chi connectivity index (χ3v) is 6.21. The topological polar surface area (TPSA) is 76.9 Å². The number of nitrogens with zero attached hydrogens (tertiary/aromatic N) is 4. The molecular formula is C30H35FN6. The molecule has 2 heterocycles. The molecule has 192 valence electrons. The third-order valence-electron chi connectivity index (χ3n) is 6.21. The van der Waals surface area contributed by atoms with E-state index < -0.39 is 0 Å². The van der Waals surface area contributed by atoms with Gasteiger partial charge in [-0.2, -0.15) is 5.26 Å². The highest BCUT2D eigenvalue weighted by Crippen LogP contribution is 2.33. The smallest absolute Gasteiger partial charge is 0.141 e. The zero-order valence-corrected chi connectivity index (χ0v) is 21.8. The number of hydrogen-bond donors (Lipinski definition) is 2. The molecule has 2 aromatic heterocycles. The van der Waals surface area contributed by atoms with E-state index in [2.05, 4.69) is 58.1 Å². The van der Waals surface area contributed by atoms with E-state index in [4.69, 9.17) is 0 Å². The summed E-state index contributed by atoms with van der Waals surface area (Å²) in [5.74, 6) is -0.271. The maximum absolute atomic E-state index is 13.9. The van der Waals surface area contributed by atoms with E-state index in [0.29, 0.717) is 17.9 Å². The van der Waals surface area contributed by atoms with Crippen molar-refractivity contribution in [1.82, 2.24) is 20.2 Å². The number of allylic oxidation sites excluding steroid dienone is 2. The lowest BCUT2D eigenvalue weighted by molar-refractivity contribution is 0.253. The van der Waals surface area contributed by atoms with Crippen molar-refractivity contribution in [2.24, 2.45) is 0 Å².